The Kier molecular flexibility index (Phi) is 6.16. The topological polar surface area (TPSA) is 77.0 Å². The van der Waals surface area contributed by atoms with Crippen LogP contribution in [0.3, 0.4) is 0 Å². The fraction of sp³-hybridized carbons (Fsp3) is 0.280. The van der Waals surface area contributed by atoms with Crippen LogP contribution in [0.4, 0.5) is 0 Å². The highest BCUT2D eigenvalue weighted by molar-refractivity contribution is 5.79. The molecule has 0 fully saturated rings. The Labute approximate surface area is 187 Å². The molecule has 0 aliphatic heterocycles. The van der Waals surface area contributed by atoms with Gasteiger partial charge in [0.15, 0.2) is 0 Å². The van der Waals surface area contributed by atoms with Gasteiger partial charge < -0.3 is 9.32 Å². The second-order valence-corrected chi connectivity index (χ2v) is 8.00. The summed E-state index contributed by atoms with van der Waals surface area (Å²) in [5.74, 6) is 1.29. The Hall–Kier alpha value is -3.74. The Bertz CT molecular complexity index is 1190. The van der Waals surface area contributed by atoms with Crippen molar-refractivity contribution in [2.24, 2.45) is 0 Å². The lowest BCUT2D eigenvalue weighted by Crippen LogP contribution is -2.31. The van der Waals surface area contributed by atoms with Crippen LogP contribution in [0, 0.1) is 27.7 Å². The molecule has 0 aliphatic rings. The lowest BCUT2D eigenvalue weighted by atomic mass is 10.1. The molecule has 3 heterocycles. The quantitative estimate of drug-likeness (QED) is 0.439. The third-order valence-corrected chi connectivity index (χ3v) is 5.42. The fourth-order valence-corrected chi connectivity index (χ4v) is 3.82. The van der Waals surface area contributed by atoms with Gasteiger partial charge >= 0.3 is 0 Å². The van der Waals surface area contributed by atoms with Crippen LogP contribution >= 0.6 is 0 Å². The molecular formula is C25H27N5O2. The van der Waals surface area contributed by atoms with Gasteiger partial charge in [-0.2, -0.15) is 5.10 Å². The number of amides is 1. The Morgan fingerprint density at radius 1 is 0.969 bits per heavy atom. The number of furan rings is 1. The molecule has 3 aromatic heterocycles. The largest absolute Gasteiger partial charge is 0.467 e. The van der Waals surface area contributed by atoms with E-state index in [1.165, 1.54) is 0 Å². The Morgan fingerprint density at radius 2 is 1.69 bits per heavy atom. The van der Waals surface area contributed by atoms with E-state index in [4.69, 9.17) is 4.42 Å². The van der Waals surface area contributed by atoms with Crippen molar-refractivity contribution in [3.8, 4) is 5.95 Å². The number of hydrogen-bond donors (Lipinski definition) is 0. The van der Waals surface area contributed by atoms with Gasteiger partial charge in [-0.25, -0.2) is 14.6 Å². The maximum absolute atomic E-state index is 13.4. The van der Waals surface area contributed by atoms with Crippen molar-refractivity contribution in [3.05, 3.63) is 94.5 Å². The molecule has 0 bridgehead atoms. The standard InChI is InChI=1S/C25H27N5O2/c1-17-13-18(2)27-25(26-17)30-20(4)23(19(3)28-30)14-24(31)29(16-22-11-8-12-32-22)15-21-9-6-5-7-10-21/h5-13H,14-16H2,1-4H3. The molecular weight excluding hydrogens is 402 g/mol. The van der Waals surface area contributed by atoms with E-state index in [2.05, 4.69) is 15.1 Å². The molecule has 0 atom stereocenters. The Balaban J connectivity index is 1.60. The minimum absolute atomic E-state index is 0.0114. The summed E-state index contributed by atoms with van der Waals surface area (Å²) >= 11 is 0. The first-order valence-electron chi connectivity index (χ1n) is 10.6. The molecule has 0 saturated carbocycles. The summed E-state index contributed by atoms with van der Waals surface area (Å²) in [5.41, 5.74) is 5.40. The van der Waals surface area contributed by atoms with Crippen molar-refractivity contribution in [2.75, 3.05) is 0 Å². The smallest absolute Gasteiger partial charge is 0.251 e. The SMILES string of the molecule is Cc1cc(C)nc(-n2nc(C)c(CC(=O)N(Cc3ccccc3)Cc3ccco3)c2C)n1. The molecule has 0 unspecified atom stereocenters. The molecule has 0 spiro atoms. The lowest BCUT2D eigenvalue weighted by Gasteiger charge is -2.22. The average Bonchev–Trinajstić information content (AvgIpc) is 3.37. The van der Waals surface area contributed by atoms with Crippen LogP contribution in [-0.2, 0) is 24.3 Å². The number of aromatic nitrogens is 4. The number of carbonyl (C=O) groups is 1. The third kappa shape index (κ3) is 4.77. The maximum Gasteiger partial charge on any atom is 0.251 e. The third-order valence-electron chi connectivity index (χ3n) is 5.42. The van der Waals surface area contributed by atoms with Gasteiger partial charge in [-0.1, -0.05) is 30.3 Å². The van der Waals surface area contributed by atoms with Gasteiger partial charge in [0, 0.05) is 29.2 Å². The first kappa shape index (κ1) is 21.5. The van der Waals surface area contributed by atoms with Gasteiger partial charge in [-0.3, -0.25) is 4.79 Å². The zero-order valence-corrected chi connectivity index (χ0v) is 18.9. The summed E-state index contributed by atoms with van der Waals surface area (Å²) in [6, 6.07) is 15.6. The van der Waals surface area contributed by atoms with E-state index in [1.807, 2.05) is 81.1 Å². The summed E-state index contributed by atoms with van der Waals surface area (Å²) in [4.78, 5) is 24.3. The Morgan fingerprint density at radius 3 is 2.34 bits per heavy atom. The maximum atomic E-state index is 13.4. The van der Waals surface area contributed by atoms with E-state index in [0.29, 0.717) is 19.0 Å². The summed E-state index contributed by atoms with van der Waals surface area (Å²) < 4.78 is 7.24. The summed E-state index contributed by atoms with van der Waals surface area (Å²) in [6.45, 7) is 8.66. The molecule has 0 aliphatic carbocycles. The molecule has 1 amide bonds. The number of benzene rings is 1. The number of carbonyl (C=O) groups excluding carboxylic acids is 1. The minimum atomic E-state index is 0.0114. The highest BCUT2D eigenvalue weighted by Crippen LogP contribution is 2.20. The van der Waals surface area contributed by atoms with Crippen LogP contribution in [0.5, 0.6) is 0 Å². The van der Waals surface area contributed by atoms with E-state index in [9.17, 15) is 4.79 Å². The van der Waals surface area contributed by atoms with Crippen molar-refractivity contribution >= 4 is 5.91 Å². The van der Waals surface area contributed by atoms with Gasteiger partial charge in [-0.05, 0) is 51.5 Å². The molecule has 7 heteroatoms. The number of hydrogen-bond acceptors (Lipinski definition) is 5. The second-order valence-electron chi connectivity index (χ2n) is 8.00. The van der Waals surface area contributed by atoms with Gasteiger partial charge in [0.2, 0.25) is 5.91 Å². The molecule has 4 rings (SSSR count). The highest BCUT2D eigenvalue weighted by Gasteiger charge is 2.22. The van der Waals surface area contributed by atoms with Crippen LogP contribution in [-0.4, -0.2) is 30.6 Å². The minimum Gasteiger partial charge on any atom is -0.467 e. The van der Waals surface area contributed by atoms with E-state index in [0.717, 1.165) is 39.7 Å². The second kappa shape index (κ2) is 9.18. The molecule has 32 heavy (non-hydrogen) atoms. The van der Waals surface area contributed by atoms with Crippen LogP contribution in [0.1, 0.15) is 39.7 Å². The molecule has 0 saturated heterocycles. The monoisotopic (exact) mass is 429 g/mol. The highest BCUT2D eigenvalue weighted by atomic mass is 16.3. The van der Waals surface area contributed by atoms with Gasteiger partial charge in [-0.15, -0.1) is 0 Å². The van der Waals surface area contributed by atoms with Gasteiger partial charge in [0.05, 0.1) is 24.9 Å². The average molecular weight is 430 g/mol. The van der Waals surface area contributed by atoms with Crippen molar-refractivity contribution in [1.29, 1.82) is 0 Å². The molecule has 0 radical (unpaired) electrons. The normalized spacial score (nSPS) is 11.0. The van der Waals surface area contributed by atoms with Crippen LogP contribution in [0.15, 0.2) is 59.2 Å². The summed E-state index contributed by atoms with van der Waals surface area (Å²) in [6.07, 6.45) is 1.87. The van der Waals surface area contributed by atoms with Crippen LogP contribution in [0.2, 0.25) is 0 Å². The first-order valence-corrected chi connectivity index (χ1v) is 10.6. The number of aryl methyl sites for hydroxylation is 3. The summed E-state index contributed by atoms with van der Waals surface area (Å²) in [5, 5.41) is 4.64. The number of nitrogens with zero attached hydrogens (tertiary/aromatic N) is 5. The van der Waals surface area contributed by atoms with E-state index >= 15 is 0 Å². The zero-order chi connectivity index (χ0) is 22.7. The van der Waals surface area contributed by atoms with Crippen molar-refractivity contribution in [1.82, 2.24) is 24.6 Å². The van der Waals surface area contributed by atoms with Crippen molar-refractivity contribution < 1.29 is 9.21 Å². The molecule has 164 valence electrons. The van der Waals surface area contributed by atoms with Gasteiger partial charge in [0.25, 0.3) is 5.95 Å². The zero-order valence-electron chi connectivity index (χ0n) is 18.9. The van der Waals surface area contributed by atoms with E-state index in [1.54, 1.807) is 10.9 Å². The fourth-order valence-electron chi connectivity index (χ4n) is 3.82. The predicted octanol–water partition coefficient (Wildman–Crippen LogP) is 4.26. The molecule has 7 nitrogen and oxygen atoms in total. The lowest BCUT2D eigenvalue weighted by molar-refractivity contribution is -0.132. The van der Waals surface area contributed by atoms with E-state index in [-0.39, 0.29) is 12.3 Å². The van der Waals surface area contributed by atoms with E-state index < -0.39 is 0 Å². The summed E-state index contributed by atoms with van der Waals surface area (Å²) in [7, 11) is 0. The van der Waals surface area contributed by atoms with Gasteiger partial charge in [0.1, 0.15) is 5.76 Å². The van der Waals surface area contributed by atoms with Crippen LogP contribution < -0.4 is 0 Å². The predicted molar refractivity (Wildman–Crippen MR) is 121 cm³/mol. The molecule has 0 N–H and O–H groups in total. The van der Waals surface area contributed by atoms with Crippen molar-refractivity contribution in [2.45, 2.75) is 47.2 Å². The van der Waals surface area contributed by atoms with Crippen LogP contribution in [0.25, 0.3) is 5.95 Å². The first-order chi connectivity index (χ1) is 15.4. The molecule has 1 aromatic carbocycles. The van der Waals surface area contributed by atoms with Crippen molar-refractivity contribution in [3.63, 3.8) is 0 Å². The number of rotatable bonds is 7. The molecule has 4 aromatic rings.